The zero-order valence-corrected chi connectivity index (χ0v) is 15.1. The fourth-order valence-corrected chi connectivity index (χ4v) is 2.66. The van der Waals surface area contributed by atoms with Gasteiger partial charge in [-0.1, -0.05) is 48.5 Å². The molecule has 0 saturated carbocycles. The Morgan fingerprint density at radius 3 is 2.39 bits per heavy atom. The van der Waals surface area contributed by atoms with E-state index in [0.29, 0.717) is 23.1 Å². The van der Waals surface area contributed by atoms with Crippen molar-refractivity contribution in [3.05, 3.63) is 65.5 Å². The lowest BCUT2D eigenvalue weighted by molar-refractivity contribution is 0.100. The van der Waals surface area contributed by atoms with Crippen LogP contribution in [0.2, 0.25) is 0 Å². The molecule has 0 aliphatic carbocycles. The molecule has 0 radical (unpaired) electrons. The van der Waals surface area contributed by atoms with Crippen LogP contribution in [0.4, 0.5) is 0 Å². The molecule has 9 heteroatoms. The van der Waals surface area contributed by atoms with Gasteiger partial charge in [0.1, 0.15) is 6.54 Å². The third kappa shape index (κ3) is 3.63. The van der Waals surface area contributed by atoms with Crippen LogP contribution in [0.15, 0.2) is 53.1 Å². The second-order valence-corrected chi connectivity index (χ2v) is 6.15. The largest absolute Gasteiger partial charge is 0.366 e. The number of aromatic nitrogens is 6. The number of carbonyl (C=O) groups excluding carboxylic acids is 1. The minimum Gasteiger partial charge on any atom is -0.366 e. The highest BCUT2D eigenvalue weighted by Gasteiger charge is 2.12. The van der Waals surface area contributed by atoms with E-state index in [4.69, 9.17) is 10.3 Å². The lowest BCUT2D eigenvalue weighted by atomic mass is 10.1. The summed E-state index contributed by atoms with van der Waals surface area (Å²) >= 11 is 0. The molecule has 2 heterocycles. The summed E-state index contributed by atoms with van der Waals surface area (Å²) in [6, 6.07) is 14.7. The Bertz CT molecular complexity index is 1100. The van der Waals surface area contributed by atoms with Crippen molar-refractivity contribution < 1.29 is 9.32 Å². The first-order valence-electron chi connectivity index (χ1n) is 8.72. The first kappa shape index (κ1) is 17.5. The number of hydrogen-bond donors (Lipinski definition) is 1. The highest BCUT2D eigenvalue weighted by atomic mass is 16.5. The maximum atomic E-state index is 11.1. The van der Waals surface area contributed by atoms with E-state index in [1.807, 2.05) is 24.3 Å². The van der Waals surface area contributed by atoms with Gasteiger partial charge in [0.05, 0.1) is 0 Å². The second-order valence-electron chi connectivity index (χ2n) is 6.15. The molecule has 2 aromatic carbocycles. The summed E-state index contributed by atoms with van der Waals surface area (Å²) in [5.74, 6) is 0.827. The number of aryl methyl sites for hydroxylation is 1. The summed E-state index contributed by atoms with van der Waals surface area (Å²) in [6.45, 7) is 2.30. The second kappa shape index (κ2) is 7.39. The smallest absolute Gasteiger partial charge is 0.250 e. The molecule has 0 saturated heterocycles. The van der Waals surface area contributed by atoms with E-state index >= 15 is 0 Å². The Balaban J connectivity index is 1.48. The van der Waals surface area contributed by atoms with Gasteiger partial charge in [-0.25, -0.2) is 0 Å². The molecular weight excluding hydrogens is 358 g/mol. The Morgan fingerprint density at radius 2 is 1.71 bits per heavy atom. The van der Waals surface area contributed by atoms with E-state index in [9.17, 15) is 4.79 Å². The summed E-state index contributed by atoms with van der Waals surface area (Å²) in [7, 11) is 0. The maximum absolute atomic E-state index is 11.1. The minimum absolute atomic E-state index is 0.201. The van der Waals surface area contributed by atoms with Crippen LogP contribution in [0.5, 0.6) is 0 Å². The Labute approximate surface area is 160 Å². The Hall–Kier alpha value is -3.88. The third-order valence-electron chi connectivity index (χ3n) is 4.25. The molecule has 4 aromatic rings. The third-order valence-corrected chi connectivity index (χ3v) is 4.25. The van der Waals surface area contributed by atoms with Gasteiger partial charge in [0, 0.05) is 16.7 Å². The molecule has 2 N–H and O–H groups in total. The predicted molar refractivity (Wildman–Crippen MR) is 100.0 cm³/mol. The lowest BCUT2D eigenvalue weighted by Gasteiger charge is -1.97. The molecule has 0 fully saturated rings. The van der Waals surface area contributed by atoms with Crippen molar-refractivity contribution in [2.24, 2.45) is 5.73 Å². The molecule has 0 bridgehead atoms. The first-order valence-corrected chi connectivity index (χ1v) is 8.72. The van der Waals surface area contributed by atoms with E-state index in [0.717, 1.165) is 17.5 Å². The summed E-state index contributed by atoms with van der Waals surface area (Å²) in [5, 5.41) is 16.3. The van der Waals surface area contributed by atoms with Crippen molar-refractivity contribution >= 4 is 5.91 Å². The zero-order valence-electron chi connectivity index (χ0n) is 15.1. The van der Waals surface area contributed by atoms with Crippen molar-refractivity contribution in [2.45, 2.75) is 19.9 Å². The number of benzene rings is 2. The van der Waals surface area contributed by atoms with E-state index in [-0.39, 0.29) is 6.54 Å². The van der Waals surface area contributed by atoms with Crippen molar-refractivity contribution in [1.82, 2.24) is 30.3 Å². The van der Waals surface area contributed by atoms with E-state index < -0.39 is 5.91 Å². The number of primary amides is 1. The molecule has 0 unspecified atom stereocenters. The predicted octanol–water partition coefficient (Wildman–Crippen LogP) is 2.10. The zero-order chi connectivity index (χ0) is 19.5. The number of nitrogens with two attached hydrogens (primary N) is 1. The molecular formula is C19H17N7O2. The maximum Gasteiger partial charge on any atom is 0.250 e. The molecule has 1 amide bonds. The van der Waals surface area contributed by atoms with Crippen LogP contribution in [0.25, 0.3) is 22.8 Å². The van der Waals surface area contributed by atoms with Crippen molar-refractivity contribution in [2.75, 3.05) is 0 Å². The van der Waals surface area contributed by atoms with Crippen molar-refractivity contribution in [3.8, 4) is 22.8 Å². The quantitative estimate of drug-likeness (QED) is 0.547. The number of tetrazole rings is 1. The summed E-state index contributed by atoms with van der Waals surface area (Å²) < 4.78 is 5.30. The molecule has 0 aliphatic heterocycles. The van der Waals surface area contributed by atoms with Gasteiger partial charge in [-0.2, -0.15) is 9.78 Å². The highest BCUT2D eigenvalue weighted by Crippen LogP contribution is 2.18. The van der Waals surface area contributed by atoms with Gasteiger partial charge < -0.3 is 10.3 Å². The van der Waals surface area contributed by atoms with E-state index in [2.05, 4.69) is 32.5 Å². The fourth-order valence-electron chi connectivity index (χ4n) is 2.66. The topological polar surface area (TPSA) is 126 Å². The standard InChI is InChI=1S/C19H17N7O2/c1-2-12-3-5-14(6-4-12)18-21-16(28-24-18)11-26-23-19(22-25-26)15-9-7-13(8-10-15)17(20)27/h3-10H,2,11H2,1H3,(H2,20,27). The summed E-state index contributed by atoms with van der Waals surface area (Å²) in [6.07, 6.45) is 0.976. The lowest BCUT2D eigenvalue weighted by Crippen LogP contribution is -2.10. The normalized spacial score (nSPS) is 10.9. The number of nitrogens with zero attached hydrogens (tertiary/aromatic N) is 6. The molecule has 140 valence electrons. The highest BCUT2D eigenvalue weighted by molar-refractivity contribution is 5.93. The molecule has 0 aliphatic rings. The van der Waals surface area contributed by atoms with Crippen LogP contribution in [0.3, 0.4) is 0 Å². The Morgan fingerprint density at radius 1 is 1.04 bits per heavy atom. The molecule has 9 nitrogen and oxygen atoms in total. The molecule has 0 spiro atoms. The van der Waals surface area contributed by atoms with Gasteiger partial charge in [-0.3, -0.25) is 4.79 Å². The van der Waals surface area contributed by atoms with Crippen LogP contribution in [0.1, 0.15) is 28.7 Å². The van der Waals surface area contributed by atoms with Gasteiger partial charge in [0.25, 0.3) is 5.89 Å². The van der Waals surface area contributed by atoms with Crippen molar-refractivity contribution in [1.29, 1.82) is 0 Å². The average molecular weight is 375 g/mol. The van der Waals surface area contributed by atoms with Crippen LogP contribution in [-0.4, -0.2) is 36.3 Å². The van der Waals surface area contributed by atoms with E-state index in [1.54, 1.807) is 24.3 Å². The van der Waals surface area contributed by atoms with Crippen LogP contribution >= 0.6 is 0 Å². The molecule has 4 rings (SSSR count). The number of rotatable bonds is 6. The van der Waals surface area contributed by atoms with Crippen LogP contribution in [0, 0.1) is 0 Å². The average Bonchev–Trinajstić information content (AvgIpc) is 3.38. The molecule has 28 heavy (non-hydrogen) atoms. The minimum atomic E-state index is -0.486. The summed E-state index contributed by atoms with van der Waals surface area (Å²) in [4.78, 5) is 16.9. The van der Waals surface area contributed by atoms with Gasteiger partial charge >= 0.3 is 0 Å². The van der Waals surface area contributed by atoms with Gasteiger partial charge in [-0.15, -0.1) is 10.2 Å². The van der Waals surface area contributed by atoms with Gasteiger partial charge in [0.2, 0.25) is 17.6 Å². The van der Waals surface area contributed by atoms with Crippen molar-refractivity contribution in [3.63, 3.8) is 0 Å². The van der Waals surface area contributed by atoms with Gasteiger partial charge in [0.15, 0.2) is 0 Å². The van der Waals surface area contributed by atoms with Gasteiger partial charge in [-0.05, 0) is 29.3 Å². The molecule has 2 aromatic heterocycles. The van der Waals surface area contributed by atoms with Crippen LogP contribution < -0.4 is 5.73 Å². The SMILES string of the molecule is CCc1ccc(-c2noc(Cn3nnc(-c4ccc(C(N)=O)cc4)n3)n2)cc1. The first-order chi connectivity index (χ1) is 13.6. The van der Waals surface area contributed by atoms with Crippen LogP contribution in [-0.2, 0) is 13.0 Å². The molecule has 0 atom stereocenters. The number of amides is 1. The fraction of sp³-hybridized carbons (Fsp3) is 0.158. The number of hydrogen-bond acceptors (Lipinski definition) is 7. The Kier molecular flexibility index (Phi) is 4.63. The van der Waals surface area contributed by atoms with E-state index in [1.165, 1.54) is 10.4 Å². The monoisotopic (exact) mass is 375 g/mol. The summed E-state index contributed by atoms with van der Waals surface area (Å²) in [5.41, 5.74) is 8.51. The number of carbonyl (C=O) groups is 1.